The van der Waals surface area contributed by atoms with Gasteiger partial charge in [-0.2, -0.15) is 0 Å². The van der Waals surface area contributed by atoms with E-state index in [1.165, 1.54) is 6.33 Å². The number of aromatic nitrogens is 6. The van der Waals surface area contributed by atoms with Crippen molar-refractivity contribution in [1.29, 1.82) is 0 Å². The summed E-state index contributed by atoms with van der Waals surface area (Å²) >= 11 is 0. The standard InChI is InChI=1S/C10H11N7/c1-3-17(7-11-1)4-2-12-9-8-10(14-5-13-8)16-6-15-9/h1,3,5-7H,2,4H2,(H2,12,13,14,15,16). The number of nitrogens with one attached hydrogen (secondary N) is 2. The lowest BCUT2D eigenvalue weighted by Gasteiger charge is -2.06. The molecule has 0 radical (unpaired) electrons. The third kappa shape index (κ3) is 1.94. The van der Waals surface area contributed by atoms with Crippen LogP contribution < -0.4 is 5.32 Å². The van der Waals surface area contributed by atoms with Crippen molar-refractivity contribution >= 4 is 17.0 Å². The van der Waals surface area contributed by atoms with Crippen molar-refractivity contribution in [3.63, 3.8) is 0 Å². The monoisotopic (exact) mass is 229 g/mol. The normalized spacial score (nSPS) is 10.8. The van der Waals surface area contributed by atoms with Gasteiger partial charge in [0, 0.05) is 25.5 Å². The third-order valence-corrected chi connectivity index (χ3v) is 2.44. The zero-order valence-corrected chi connectivity index (χ0v) is 9.04. The van der Waals surface area contributed by atoms with Crippen molar-refractivity contribution in [2.24, 2.45) is 0 Å². The van der Waals surface area contributed by atoms with Gasteiger partial charge >= 0.3 is 0 Å². The quantitative estimate of drug-likeness (QED) is 0.686. The van der Waals surface area contributed by atoms with Gasteiger partial charge in [0.1, 0.15) is 11.8 Å². The fourth-order valence-electron chi connectivity index (χ4n) is 1.62. The number of rotatable bonds is 4. The molecule has 7 heteroatoms. The Hall–Kier alpha value is -2.44. The summed E-state index contributed by atoms with van der Waals surface area (Å²) in [5, 5.41) is 3.24. The Morgan fingerprint density at radius 1 is 1.29 bits per heavy atom. The number of nitrogens with zero attached hydrogens (tertiary/aromatic N) is 5. The maximum atomic E-state index is 4.18. The van der Waals surface area contributed by atoms with Crippen molar-refractivity contribution in [2.45, 2.75) is 6.54 Å². The van der Waals surface area contributed by atoms with Crippen molar-refractivity contribution in [3.8, 4) is 0 Å². The Balaban J connectivity index is 1.70. The van der Waals surface area contributed by atoms with Crippen LogP contribution in [-0.2, 0) is 6.54 Å². The highest BCUT2D eigenvalue weighted by molar-refractivity contribution is 5.81. The topological polar surface area (TPSA) is 84.3 Å². The van der Waals surface area contributed by atoms with E-state index in [0.29, 0.717) is 5.65 Å². The SMILES string of the molecule is c1cn(CCNc2ncnc3nc[nH]c23)cn1. The summed E-state index contributed by atoms with van der Waals surface area (Å²) in [4.78, 5) is 19.3. The van der Waals surface area contributed by atoms with E-state index in [9.17, 15) is 0 Å². The summed E-state index contributed by atoms with van der Waals surface area (Å²) in [5.74, 6) is 0.771. The first-order chi connectivity index (χ1) is 8.43. The minimum atomic E-state index is 0.671. The van der Waals surface area contributed by atoms with Crippen LogP contribution in [0.5, 0.6) is 0 Å². The predicted molar refractivity (Wildman–Crippen MR) is 62.4 cm³/mol. The van der Waals surface area contributed by atoms with Crippen LogP contribution >= 0.6 is 0 Å². The minimum absolute atomic E-state index is 0.671. The number of H-pyrrole nitrogens is 1. The smallest absolute Gasteiger partial charge is 0.182 e. The highest BCUT2D eigenvalue weighted by atomic mass is 15.1. The van der Waals surface area contributed by atoms with Crippen LogP contribution in [0, 0.1) is 0 Å². The van der Waals surface area contributed by atoms with Gasteiger partial charge < -0.3 is 14.9 Å². The molecule has 17 heavy (non-hydrogen) atoms. The molecule has 3 aromatic heterocycles. The van der Waals surface area contributed by atoms with Gasteiger partial charge in [-0.3, -0.25) is 0 Å². The maximum Gasteiger partial charge on any atom is 0.182 e. The molecule has 0 aromatic carbocycles. The van der Waals surface area contributed by atoms with E-state index in [-0.39, 0.29) is 0 Å². The second-order valence-corrected chi connectivity index (χ2v) is 3.55. The molecule has 0 saturated heterocycles. The third-order valence-electron chi connectivity index (χ3n) is 2.44. The van der Waals surface area contributed by atoms with Gasteiger partial charge in [0.25, 0.3) is 0 Å². The molecule has 2 N–H and O–H groups in total. The van der Waals surface area contributed by atoms with Crippen LogP contribution in [-0.4, -0.2) is 36.0 Å². The molecular formula is C10H11N7. The second kappa shape index (κ2) is 4.20. The Labute approximate surface area is 97.0 Å². The molecule has 0 aliphatic rings. The Morgan fingerprint density at radius 2 is 2.29 bits per heavy atom. The highest BCUT2D eigenvalue weighted by Gasteiger charge is 2.04. The van der Waals surface area contributed by atoms with E-state index in [0.717, 1.165) is 24.4 Å². The predicted octanol–water partition coefficient (Wildman–Crippen LogP) is 0.661. The average Bonchev–Trinajstić information content (AvgIpc) is 2.99. The van der Waals surface area contributed by atoms with Gasteiger partial charge in [-0.05, 0) is 0 Å². The molecule has 3 rings (SSSR count). The number of anilines is 1. The molecular weight excluding hydrogens is 218 g/mol. The van der Waals surface area contributed by atoms with Crippen molar-refractivity contribution < 1.29 is 0 Å². The van der Waals surface area contributed by atoms with Crippen molar-refractivity contribution in [1.82, 2.24) is 29.5 Å². The first kappa shape index (κ1) is 9.76. The molecule has 3 aromatic rings. The zero-order chi connectivity index (χ0) is 11.5. The van der Waals surface area contributed by atoms with Gasteiger partial charge in [-0.1, -0.05) is 0 Å². The summed E-state index contributed by atoms with van der Waals surface area (Å²) in [5.41, 5.74) is 1.50. The lowest BCUT2D eigenvalue weighted by molar-refractivity contribution is 0.725. The van der Waals surface area contributed by atoms with Crippen LogP contribution in [0.25, 0.3) is 11.2 Å². The van der Waals surface area contributed by atoms with Crippen LogP contribution in [0.2, 0.25) is 0 Å². The fourth-order valence-corrected chi connectivity index (χ4v) is 1.62. The van der Waals surface area contributed by atoms with E-state index < -0.39 is 0 Å². The highest BCUT2D eigenvalue weighted by Crippen LogP contribution is 2.13. The Morgan fingerprint density at radius 3 is 3.18 bits per heavy atom. The lowest BCUT2D eigenvalue weighted by Crippen LogP contribution is -2.10. The first-order valence-corrected chi connectivity index (χ1v) is 5.27. The van der Waals surface area contributed by atoms with Crippen LogP contribution in [0.1, 0.15) is 0 Å². The van der Waals surface area contributed by atoms with Gasteiger partial charge in [-0.15, -0.1) is 0 Å². The molecule has 0 saturated carbocycles. The van der Waals surface area contributed by atoms with Crippen LogP contribution in [0.15, 0.2) is 31.4 Å². The van der Waals surface area contributed by atoms with Crippen LogP contribution in [0.4, 0.5) is 5.82 Å². The average molecular weight is 229 g/mol. The molecule has 0 spiro atoms. The maximum absolute atomic E-state index is 4.18. The van der Waals surface area contributed by atoms with Gasteiger partial charge in [0.15, 0.2) is 11.5 Å². The van der Waals surface area contributed by atoms with Crippen LogP contribution in [0.3, 0.4) is 0 Å². The molecule has 0 aliphatic heterocycles. The second-order valence-electron chi connectivity index (χ2n) is 3.55. The fraction of sp³-hybridized carbons (Fsp3) is 0.200. The Bertz CT molecular complexity index is 598. The van der Waals surface area contributed by atoms with E-state index in [2.05, 4.69) is 30.2 Å². The van der Waals surface area contributed by atoms with E-state index in [1.807, 2.05) is 10.8 Å². The lowest BCUT2D eigenvalue weighted by atomic mass is 10.4. The molecule has 0 aliphatic carbocycles. The van der Waals surface area contributed by atoms with Crippen molar-refractivity contribution in [3.05, 3.63) is 31.4 Å². The zero-order valence-electron chi connectivity index (χ0n) is 9.04. The summed E-state index contributed by atoms with van der Waals surface area (Å²) in [6.07, 6.45) is 8.59. The van der Waals surface area contributed by atoms with Gasteiger partial charge in [0.2, 0.25) is 0 Å². The molecule has 0 fully saturated rings. The molecule has 7 nitrogen and oxygen atoms in total. The molecule has 0 atom stereocenters. The van der Waals surface area contributed by atoms with E-state index in [4.69, 9.17) is 0 Å². The number of hydrogen-bond acceptors (Lipinski definition) is 5. The van der Waals surface area contributed by atoms with E-state index in [1.54, 1.807) is 18.9 Å². The number of aromatic amines is 1. The summed E-state index contributed by atoms with van der Waals surface area (Å²) < 4.78 is 2.00. The molecule has 0 amide bonds. The minimum Gasteiger partial charge on any atom is -0.366 e. The molecule has 0 bridgehead atoms. The first-order valence-electron chi connectivity index (χ1n) is 5.27. The van der Waals surface area contributed by atoms with E-state index >= 15 is 0 Å². The molecule has 0 unspecified atom stereocenters. The number of fused-ring (bicyclic) bond motifs is 1. The largest absolute Gasteiger partial charge is 0.366 e. The molecule has 3 heterocycles. The van der Waals surface area contributed by atoms with Gasteiger partial charge in [-0.25, -0.2) is 19.9 Å². The van der Waals surface area contributed by atoms with Crippen molar-refractivity contribution in [2.75, 3.05) is 11.9 Å². The number of imidazole rings is 2. The Kier molecular flexibility index (Phi) is 2.41. The number of hydrogen-bond donors (Lipinski definition) is 2. The molecule has 86 valence electrons. The van der Waals surface area contributed by atoms with Gasteiger partial charge in [0.05, 0.1) is 12.7 Å². The summed E-state index contributed by atoms with van der Waals surface area (Å²) in [7, 11) is 0. The summed E-state index contributed by atoms with van der Waals surface area (Å²) in [6, 6.07) is 0. The summed E-state index contributed by atoms with van der Waals surface area (Å²) in [6.45, 7) is 1.60.